The first-order valence-electron chi connectivity index (χ1n) is 6.84. The molecule has 0 bridgehead atoms. The lowest BCUT2D eigenvalue weighted by molar-refractivity contribution is -0.117. The number of hydrogen-bond donors (Lipinski definition) is 2. The van der Waals surface area contributed by atoms with E-state index in [4.69, 9.17) is 5.73 Å². The molecule has 1 heterocycles. The number of nitrogens with one attached hydrogen (secondary N) is 1. The number of carbonyl (C=O) groups is 2. The van der Waals surface area contributed by atoms with Crippen molar-refractivity contribution in [2.45, 2.75) is 38.6 Å². The van der Waals surface area contributed by atoms with Gasteiger partial charge >= 0.3 is 0 Å². The van der Waals surface area contributed by atoms with Crippen LogP contribution in [0.2, 0.25) is 0 Å². The molecule has 0 spiro atoms. The fourth-order valence-corrected chi connectivity index (χ4v) is 2.29. The molecule has 108 valence electrons. The van der Waals surface area contributed by atoms with Crippen LogP contribution in [-0.4, -0.2) is 23.9 Å². The molecule has 1 aliphatic heterocycles. The Bertz CT molecular complexity index is 520. The van der Waals surface area contributed by atoms with Crippen molar-refractivity contribution in [3.8, 4) is 0 Å². The molecule has 0 aliphatic carbocycles. The maximum atomic E-state index is 11.9. The third kappa shape index (κ3) is 3.81. The standard InChI is InChI=1S/C15H21N3O2/c1-15(2,16)10-13(19)17-11-5-3-6-12(9-11)18-8-4-7-14(18)20/h3,5-6,9H,4,7-8,10,16H2,1-2H3,(H,17,19). The lowest BCUT2D eigenvalue weighted by Crippen LogP contribution is -2.36. The van der Waals surface area contributed by atoms with Crippen molar-refractivity contribution in [3.05, 3.63) is 24.3 Å². The summed E-state index contributed by atoms with van der Waals surface area (Å²) in [6.45, 7) is 4.36. The molecule has 5 heteroatoms. The van der Waals surface area contributed by atoms with Crippen molar-refractivity contribution in [2.24, 2.45) is 5.73 Å². The largest absolute Gasteiger partial charge is 0.326 e. The smallest absolute Gasteiger partial charge is 0.227 e. The van der Waals surface area contributed by atoms with Crippen LogP contribution >= 0.6 is 0 Å². The highest BCUT2D eigenvalue weighted by atomic mass is 16.2. The van der Waals surface area contributed by atoms with Crippen LogP contribution in [0.4, 0.5) is 11.4 Å². The molecule has 0 atom stereocenters. The molecule has 0 unspecified atom stereocenters. The molecule has 0 aromatic heterocycles. The zero-order valence-electron chi connectivity index (χ0n) is 12.0. The molecule has 0 radical (unpaired) electrons. The van der Waals surface area contributed by atoms with Crippen LogP contribution in [0, 0.1) is 0 Å². The second-order valence-corrected chi connectivity index (χ2v) is 5.91. The van der Waals surface area contributed by atoms with Gasteiger partial charge in [0.15, 0.2) is 0 Å². The second kappa shape index (κ2) is 5.63. The van der Waals surface area contributed by atoms with Gasteiger partial charge in [0.05, 0.1) is 0 Å². The third-order valence-corrected chi connectivity index (χ3v) is 3.13. The summed E-state index contributed by atoms with van der Waals surface area (Å²) in [6, 6.07) is 7.35. The maximum absolute atomic E-state index is 11.9. The number of carbonyl (C=O) groups excluding carboxylic acids is 2. The van der Waals surface area contributed by atoms with Gasteiger partial charge in [0, 0.05) is 36.3 Å². The van der Waals surface area contributed by atoms with Crippen LogP contribution in [0.25, 0.3) is 0 Å². The van der Waals surface area contributed by atoms with Crippen LogP contribution in [0.15, 0.2) is 24.3 Å². The zero-order valence-corrected chi connectivity index (χ0v) is 12.0. The molecule has 1 saturated heterocycles. The molecule has 1 aliphatic rings. The van der Waals surface area contributed by atoms with Crippen molar-refractivity contribution in [1.29, 1.82) is 0 Å². The van der Waals surface area contributed by atoms with Gasteiger partial charge < -0.3 is 16.0 Å². The van der Waals surface area contributed by atoms with Crippen molar-refractivity contribution < 1.29 is 9.59 Å². The molecule has 5 nitrogen and oxygen atoms in total. The fraction of sp³-hybridized carbons (Fsp3) is 0.467. The van der Waals surface area contributed by atoms with Crippen LogP contribution in [-0.2, 0) is 9.59 Å². The van der Waals surface area contributed by atoms with E-state index in [2.05, 4.69) is 5.32 Å². The minimum atomic E-state index is -0.535. The average Bonchev–Trinajstić information content (AvgIpc) is 2.73. The first-order valence-corrected chi connectivity index (χ1v) is 6.84. The summed E-state index contributed by atoms with van der Waals surface area (Å²) in [6.07, 6.45) is 1.73. The van der Waals surface area contributed by atoms with Crippen LogP contribution in [0.5, 0.6) is 0 Å². The summed E-state index contributed by atoms with van der Waals surface area (Å²) in [7, 11) is 0. The molecule has 1 aromatic carbocycles. The average molecular weight is 275 g/mol. The number of anilines is 2. The summed E-state index contributed by atoms with van der Waals surface area (Å²) < 4.78 is 0. The normalized spacial score (nSPS) is 15.6. The highest BCUT2D eigenvalue weighted by molar-refractivity contribution is 5.97. The second-order valence-electron chi connectivity index (χ2n) is 5.91. The number of benzene rings is 1. The summed E-state index contributed by atoms with van der Waals surface area (Å²) in [4.78, 5) is 25.3. The van der Waals surface area contributed by atoms with Crippen molar-refractivity contribution >= 4 is 23.2 Å². The molecule has 20 heavy (non-hydrogen) atoms. The van der Waals surface area contributed by atoms with Crippen molar-refractivity contribution in [2.75, 3.05) is 16.8 Å². The molecule has 1 aromatic rings. The summed E-state index contributed by atoms with van der Waals surface area (Å²) in [5, 5.41) is 2.82. The molecule has 1 fully saturated rings. The number of nitrogens with zero attached hydrogens (tertiary/aromatic N) is 1. The predicted octanol–water partition coefficient (Wildman–Crippen LogP) is 1.88. The van der Waals surface area contributed by atoms with Gasteiger partial charge in [-0.1, -0.05) is 6.07 Å². The molecular formula is C15H21N3O2. The van der Waals surface area contributed by atoms with Crippen molar-refractivity contribution in [3.63, 3.8) is 0 Å². The molecule has 0 saturated carbocycles. The van der Waals surface area contributed by atoms with Gasteiger partial charge in [0.1, 0.15) is 0 Å². The lowest BCUT2D eigenvalue weighted by atomic mass is 10.0. The quantitative estimate of drug-likeness (QED) is 0.881. The molecule has 3 N–H and O–H groups in total. The highest BCUT2D eigenvalue weighted by Gasteiger charge is 2.22. The SMILES string of the molecule is CC(C)(N)CC(=O)Nc1cccc(N2CCCC2=O)c1. The third-order valence-electron chi connectivity index (χ3n) is 3.13. The van der Waals surface area contributed by atoms with Gasteiger partial charge in [-0.15, -0.1) is 0 Å². The zero-order chi connectivity index (χ0) is 14.8. The maximum Gasteiger partial charge on any atom is 0.227 e. The first-order chi connectivity index (χ1) is 9.35. The van der Waals surface area contributed by atoms with E-state index in [0.29, 0.717) is 12.1 Å². The predicted molar refractivity (Wildman–Crippen MR) is 79.5 cm³/mol. The minimum absolute atomic E-state index is 0.123. The Labute approximate surface area is 119 Å². The number of amides is 2. The van der Waals surface area contributed by atoms with E-state index in [1.165, 1.54) is 0 Å². The van der Waals surface area contributed by atoms with E-state index < -0.39 is 5.54 Å². The van der Waals surface area contributed by atoms with E-state index in [0.717, 1.165) is 18.7 Å². The molecule has 2 amide bonds. The highest BCUT2D eigenvalue weighted by Crippen LogP contribution is 2.24. The lowest BCUT2D eigenvalue weighted by Gasteiger charge is -2.19. The van der Waals surface area contributed by atoms with Crippen molar-refractivity contribution in [1.82, 2.24) is 0 Å². The van der Waals surface area contributed by atoms with E-state index >= 15 is 0 Å². The van der Waals surface area contributed by atoms with Gasteiger partial charge in [-0.25, -0.2) is 0 Å². The monoisotopic (exact) mass is 275 g/mol. The van der Waals surface area contributed by atoms with E-state index in [1.807, 2.05) is 38.1 Å². The summed E-state index contributed by atoms with van der Waals surface area (Å²) in [5.41, 5.74) is 6.81. The van der Waals surface area contributed by atoms with Gasteiger partial charge in [-0.2, -0.15) is 0 Å². The van der Waals surface area contributed by atoms with Gasteiger partial charge in [0.25, 0.3) is 0 Å². The molecular weight excluding hydrogens is 254 g/mol. The summed E-state index contributed by atoms with van der Waals surface area (Å²) in [5.74, 6) is 0.0129. The molecule has 2 rings (SSSR count). The Morgan fingerprint density at radius 1 is 1.45 bits per heavy atom. The van der Waals surface area contributed by atoms with E-state index in [1.54, 1.807) is 4.90 Å². The minimum Gasteiger partial charge on any atom is -0.326 e. The summed E-state index contributed by atoms with van der Waals surface area (Å²) >= 11 is 0. The van der Waals surface area contributed by atoms with Gasteiger partial charge in [-0.3, -0.25) is 9.59 Å². The number of rotatable bonds is 4. The van der Waals surface area contributed by atoms with E-state index in [-0.39, 0.29) is 18.2 Å². The first kappa shape index (κ1) is 14.5. The Morgan fingerprint density at radius 2 is 2.20 bits per heavy atom. The fourth-order valence-electron chi connectivity index (χ4n) is 2.29. The topological polar surface area (TPSA) is 75.4 Å². The van der Waals surface area contributed by atoms with Gasteiger partial charge in [-0.05, 0) is 38.5 Å². The Kier molecular flexibility index (Phi) is 4.09. The van der Waals surface area contributed by atoms with Crippen LogP contribution in [0.3, 0.4) is 0 Å². The Balaban J connectivity index is 2.06. The van der Waals surface area contributed by atoms with Crippen LogP contribution < -0.4 is 16.0 Å². The number of hydrogen-bond acceptors (Lipinski definition) is 3. The van der Waals surface area contributed by atoms with Gasteiger partial charge in [0.2, 0.25) is 11.8 Å². The Morgan fingerprint density at radius 3 is 2.80 bits per heavy atom. The van der Waals surface area contributed by atoms with Crippen LogP contribution in [0.1, 0.15) is 33.1 Å². The van der Waals surface area contributed by atoms with E-state index in [9.17, 15) is 9.59 Å². The Hall–Kier alpha value is -1.88. The number of nitrogens with two attached hydrogens (primary N) is 1.